The van der Waals surface area contributed by atoms with Gasteiger partial charge in [0.05, 0.1) is 12.6 Å². The van der Waals surface area contributed by atoms with Crippen molar-refractivity contribution >= 4 is 39.8 Å². The summed E-state index contributed by atoms with van der Waals surface area (Å²) in [5, 5.41) is 9.77. The number of allylic oxidation sites excluding steroid dienone is 1. The molecule has 43 heavy (non-hydrogen) atoms. The molecule has 2 fully saturated rings. The topological polar surface area (TPSA) is 149 Å². The molecule has 3 aliphatic rings. The Hall–Kier alpha value is -2.12. The van der Waals surface area contributed by atoms with Gasteiger partial charge in [-0.05, 0) is 66.0 Å². The van der Waals surface area contributed by atoms with E-state index in [9.17, 15) is 24.0 Å². The number of alkyl carbamates (subject to hydrolysis) is 1. The van der Waals surface area contributed by atoms with E-state index in [0.29, 0.717) is 19.3 Å². The third kappa shape index (κ3) is 8.54. The fraction of sp³-hybridized carbons (Fsp3) is 0.655. The zero-order valence-electron chi connectivity index (χ0n) is 25.1. The monoisotopic (exact) mass is 737 g/mol. The second-order valence-corrected chi connectivity index (χ2v) is 12.8. The van der Waals surface area contributed by atoms with Crippen molar-refractivity contribution in [2.45, 2.75) is 102 Å². The van der Waals surface area contributed by atoms with Crippen LogP contribution in [0.25, 0.3) is 0 Å². The summed E-state index contributed by atoms with van der Waals surface area (Å²) in [6.07, 6.45) is 8.50. The first-order chi connectivity index (χ1) is 19.9. The number of nitrogens with zero attached hydrogens (tertiary/aromatic N) is 3. The summed E-state index contributed by atoms with van der Waals surface area (Å²) in [6.45, 7) is 7.06. The molecule has 233 valence electrons. The SMILES string of the molecule is CCOC(=O)[C@@]12C[C@H]1/C=C\CCCCC[C@H](NC(=O)OC(C)(C)C)C(=O)N1C[C@H](n3nc[c-]c(Br)c3=O)C[C@H]1C(=O)N2.[Y]. The molecule has 3 heterocycles. The molecule has 3 amide bonds. The summed E-state index contributed by atoms with van der Waals surface area (Å²) in [5.41, 5.74) is -2.44. The number of amides is 3. The molecule has 4 rings (SSSR count). The molecule has 14 heteroatoms. The summed E-state index contributed by atoms with van der Waals surface area (Å²) in [6, 6.07) is 0.0849. The third-order valence-electron chi connectivity index (χ3n) is 7.70. The maximum Gasteiger partial charge on any atom is 0.408 e. The van der Waals surface area contributed by atoms with Gasteiger partial charge in [0.25, 0.3) is 0 Å². The predicted octanol–water partition coefficient (Wildman–Crippen LogP) is 2.80. The number of carbonyl (C=O) groups excluding carboxylic acids is 4. The molecule has 1 saturated heterocycles. The first kappa shape index (κ1) is 35.4. The minimum absolute atomic E-state index is 0. The number of hydrogen-bond donors (Lipinski definition) is 2. The van der Waals surface area contributed by atoms with Crippen molar-refractivity contribution in [2.75, 3.05) is 13.2 Å². The largest absolute Gasteiger partial charge is 0.464 e. The fourth-order valence-electron chi connectivity index (χ4n) is 5.57. The Kier molecular flexibility index (Phi) is 12.2. The summed E-state index contributed by atoms with van der Waals surface area (Å²) >= 11 is 3.18. The Labute approximate surface area is 285 Å². The number of nitrogens with one attached hydrogen (secondary N) is 2. The molecule has 1 aromatic heterocycles. The van der Waals surface area contributed by atoms with Gasteiger partial charge in [-0.1, -0.05) is 45.4 Å². The average Bonchev–Trinajstić information content (AvgIpc) is 3.42. The van der Waals surface area contributed by atoms with Crippen LogP contribution in [0.4, 0.5) is 4.79 Å². The molecule has 5 atom stereocenters. The molecule has 12 nitrogen and oxygen atoms in total. The Bertz CT molecular complexity index is 1300. The fourth-order valence-corrected chi connectivity index (χ4v) is 5.86. The molecule has 2 aliphatic heterocycles. The maximum atomic E-state index is 14.1. The van der Waals surface area contributed by atoms with Crippen LogP contribution in [0.5, 0.6) is 0 Å². The molecule has 0 unspecified atom stereocenters. The van der Waals surface area contributed by atoms with Gasteiger partial charge >= 0.3 is 12.1 Å². The number of aromatic nitrogens is 2. The van der Waals surface area contributed by atoms with Crippen LogP contribution < -0.4 is 16.2 Å². The third-order valence-corrected chi connectivity index (χ3v) is 8.27. The smallest absolute Gasteiger partial charge is 0.408 e. The zero-order valence-corrected chi connectivity index (χ0v) is 29.5. The first-order valence-corrected chi connectivity index (χ1v) is 15.3. The minimum Gasteiger partial charge on any atom is -0.464 e. The Morgan fingerprint density at radius 2 is 1.98 bits per heavy atom. The summed E-state index contributed by atoms with van der Waals surface area (Å²) < 4.78 is 12.2. The Morgan fingerprint density at radius 3 is 2.67 bits per heavy atom. The molecule has 2 N–H and O–H groups in total. The predicted molar refractivity (Wildman–Crippen MR) is 155 cm³/mol. The summed E-state index contributed by atoms with van der Waals surface area (Å²) in [7, 11) is 0. The maximum absolute atomic E-state index is 14.1. The van der Waals surface area contributed by atoms with Gasteiger partial charge in [0, 0.05) is 45.2 Å². The van der Waals surface area contributed by atoms with Gasteiger partial charge in [0.1, 0.15) is 28.8 Å². The Balaban J connectivity index is 0.00000506. The number of rotatable bonds is 4. The van der Waals surface area contributed by atoms with Crippen LogP contribution in [-0.4, -0.2) is 74.9 Å². The van der Waals surface area contributed by atoms with E-state index in [1.165, 1.54) is 15.8 Å². The second kappa shape index (κ2) is 14.8. The molecular weight excluding hydrogens is 699 g/mol. The molecule has 0 spiro atoms. The van der Waals surface area contributed by atoms with Crippen molar-refractivity contribution in [1.82, 2.24) is 25.3 Å². The van der Waals surface area contributed by atoms with Crippen LogP contribution in [0.1, 0.15) is 78.7 Å². The van der Waals surface area contributed by atoms with E-state index in [2.05, 4.69) is 37.7 Å². The number of fused-ring (bicyclic) bond motifs is 2. The van der Waals surface area contributed by atoms with Crippen LogP contribution in [0.15, 0.2) is 27.6 Å². The van der Waals surface area contributed by atoms with Crippen molar-refractivity contribution in [2.24, 2.45) is 5.92 Å². The van der Waals surface area contributed by atoms with Crippen LogP contribution in [0.3, 0.4) is 0 Å². The van der Waals surface area contributed by atoms with Crippen molar-refractivity contribution in [3.8, 4) is 0 Å². The van der Waals surface area contributed by atoms with Crippen LogP contribution >= 0.6 is 15.9 Å². The van der Waals surface area contributed by atoms with Gasteiger partial charge in [-0.2, -0.15) is 0 Å². The Morgan fingerprint density at radius 1 is 1.23 bits per heavy atom. The molecule has 1 saturated carbocycles. The van der Waals surface area contributed by atoms with E-state index in [1.54, 1.807) is 27.7 Å². The summed E-state index contributed by atoms with van der Waals surface area (Å²) in [4.78, 5) is 68.0. The van der Waals surface area contributed by atoms with E-state index in [1.807, 2.05) is 12.2 Å². The molecule has 1 aromatic rings. The molecular formula is C29H39BrN5O7Y-. The number of hydrogen-bond acceptors (Lipinski definition) is 8. The van der Waals surface area contributed by atoms with Gasteiger partial charge in [0.2, 0.25) is 11.8 Å². The quantitative estimate of drug-likeness (QED) is 0.273. The van der Waals surface area contributed by atoms with Gasteiger partial charge in [-0.25, -0.2) is 20.8 Å². The van der Waals surface area contributed by atoms with Crippen molar-refractivity contribution in [1.29, 1.82) is 0 Å². The normalized spacial score (nSPS) is 28.5. The molecule has 1 aliphatic carbocycles. The minimum atomic E-state index is -1.22. The number of halogens is 1. The van der Waals surface area contributed by atoms with E-state index < -0.39 is 58.7 Å². The zero-order chi connectivity index (χ0) is 30.7. The van der Waals surface area contributed by atoms with Crippen LogP contribution in [0, 0.1) is 12.0 Å². The molecule has 0 aromatic carbocycles. The number of ether oxygens (including phenoxy) is 2. The van der Waals surface area contributed by atoms with E-state index in [-0.39, 0.29) is 62.7 Å². The average molecular weight is 738 g/mol. The standard InChI is InChI=1S/C29H39BrN5O7.Y/c1-5-41-26(39)29-16-18(29)11-9-7-6-8-10-12-21(32-27(40)42-28(2,3)4)25(38)34-17-19(15-22(34)23(36)33-29)35-24(37)20(30)13-14-31-35;/h9,11,14,18-19,21-22H,5-8,10,12,15-17H2,1-4H3,(H,32,40)(H,33,36);/q-1;/b11-9-;/t18-,19-,21+,22+,29-;/m1./s1. The summed E-state index contributed by atoms with van der Waals surface area (Å²) in [5.74, 6) is -1.74. The van der Waals surface area contributed by atoms with Crippen molar-refractivity contribution in [3.63, 3.8) is 0 Å². The van der Waals surface area contributed by atoms with Gasteiger partial charge in [-0.15, -0.1) is 0 Å². The van der Waals surface area contributed by atoms with Crippen LogP contribution in [-0.2, 0) is 56.6 Å². The molecule has 1 radical (unpaired) electrons. The van der Waals surface area contributed by atoms with Gasteiger partial charge < -0.3 is 34.5 Å². The number of carbonyl (C=O) groups is 4. The number of esters is 1. The van der Waals surface area contributed by atoms with E-state index >= 15 is 0 Å². The van der Waals surface area contributed by atoms with E-state index in [4.69, 9.17) is 9.47 Å². The second-order valence-electron chi connectivity index (χ2n) is 12.0. The first-order valence-electron chi connectivity index (χ1n) is 14.5. The molecule has 0 bridgehead atoms. The van der Waals surface area contributed by atoms with Crippen LogP contribution in [0.2, 0.25) is 0 Å². The van der Waals surface area contributed by atoms with Gasteiger partial charge in [0.15, 0.2) is 0 Å². The van der Waals surface area contributed by atoms with Crippen molar-refractivity contribution < 1.29 is 61.4 Å². The van der Waals surface area contributed by atoms with Crippen molar-refractivity contribution in [3.05, 3.63) is 39.2 Å². The van der Waals surface area contributed by atoms with Gasteiger partial charge in [-0.3, -0.25) is 9.59 Å². The van der Waals surface area contributed by atoms with E-state index in [0.717, 1.165) is 19.3 Å².